The summed E-state index contributed by atoms with van der Waals surface area (Å²) in [7, 11) is 0. The number of allylic oxidation sites excluding steroid dienone is 2. The van der Waals surface area contributed by atoms with Gasteiger partial charge in [-0.05, 0) is 22.9 Å². The van der Waals surface area contributed by atoms with Gasteiger partial charge in [0.15, 0.2) is 5.17 Å². The number of nitrogens with zero attached hydrogens (tertiary/aromatic N) is 2. The van der Waals surface area contributed by atoms with Crippen molar-refractivity contribution in [2.45, 2.75) is 0 Å². The smallest absolute Gasteiger partial charge is 0.264 e. The molecule has 1 aliphatic heterocycles. The average molecular weight is 331 g/mol. The van der Waals surface area contributed by atoms with E-state index in [0.717, 1.165) is 16.7 Å². The van der Waals surface area contributed by atoms with Gasteiger partial charge in [0.25, 0.3) is 5.91 Å². The molecule has 0 spiro atoms. The molecule has 116 valence electrons. The quantitative estimate of drug-likeness (QED) is 0.687. The van der Waals surface area contributed by atoms with Gasteiger partial charge in [-0.15, -0.1) is 4.99 Å². The molecule has 0 aliphatic carbocycles. The summed E-state index contributed by atoms with van der Waals surface area (Å²) in [5, 5.41) is 11.6. The van der Waals surface area contributed by atoms with Crippen LogP contribution in [0.4, 0.5) is 0 Å². The summed E-state index contributed by atoms with van der Waals surface area (Å²) in [6.45, 7) is 0. The van der Waals surface area contributed by atoms with Crippen molar-refractivity contribution in [1.82, 2.24) is 5.32 Å². The second-order valence-electron chi connectivity index (χ2n) is 4.93. The lowest BCUT2D eigenvalue weighted by Crippen LogP contribution is -2.19. The highest BCUT2D eigenvalue weighted by Gasteiger charge is 2.27. The Balaban J connectivity index is 2.05. The van der Waals surface area contributed by atoms with E-state index in [9.17, 15) is 4.79 Å². The van der Waals surface area contributed by atoms with E-state index < -0.39 is 0 Å². The highest BCUT2D eigenvalue weighted by atomic mass is 32.2. The van der Waals surface area contributed by atoms with Crippen LogP contribution in [0.5, 0.6) is 0 Å². The normalized spacial score (nSPS) is 17.8. The van der Waals surface area contributed by atoms with Crippen molar-refractivity contribution < 1.29 is 4.79 Å². The Morgan fingerprint density at radius 3 is 2.42 bits per heavy atom. The predicted octanol–water partition coefficient (Wildman–Crippen LogP) is 3.81. The lowest BCUT2D eigenvalue weighted by Gasteiger charge is -2.05. The Morgan fingerprint density at radius 1 is 1.08 bits per heavy atom. The zero-order chi connectivity index (χ0) is 16.8. The van der Waals surface area contributed by atoms with Crippen LogP contribution < -0.4 is 5.32 Å². The van der Waals surface area contributed by atoms with Crippen molar-refractivity contribution in [2.24, 2.45) is 4.99 Å². The number of thioether (sulfide) groups is 1. The molecule has 0 saturated carbocycles. The zero-order valence-corrected chi connectivity index (χ0v) is 13.5. The van der Waals surface area contributed by atoms with Crippen molar-refractivity contribution in [3.8, 4) is 6.19 Å². The summed E-state index contributed by atoms with van der Waals surface area (Å²) >= 11 is 1.18. The number of amidine groups is 1. The van der Waals surface area contributed by atoms with Crippen LogP contribution in [0, 0.1) is 11.5 Å². The number of aliphatic imine (C=N–C) groups is 1. The lowest BCUT2D eigenvalue weighted by molar-refractivity contribution is -0.115. The van der Waals surface area contributed by atoms with Crippen molar-refractivity contribution >= 4 is 34.5 Å². The van der Waals surface area contributed by atoms with Gasteiger partial charge in [0.1, 0.15) is 0 Å². The minimum atomic E-state index is -0.245. The Bertz CT molecular complexity index is 878. The molecule has 0 unspecified atom stereocenters. The van der Waals surface area contributed by atoms with Gasteiger partial charge >= 0.3 is 0 Å². The highest BCUT2D eigenvalue weighted by Crippen LogP contribution is 2.33. The summed E-state index contributed by atoms with van der Waals surface area (Å²) in [6.07, 6.45) is 5.58. The van der Waals surface area contributed by atoms with E-state index in [-0.39, 0.29) is 5.91 Å². The molecule has 1 heterocycles. The summed E-state index contributed by atoms with van der Waals surface area (Å²) in [4.78, 5) is 16.4. The number of carbonyl (C=O) groups is 1. The summed E-state index contributed by atoms with van der Waals surface area (Å²) in [6, 6.07) is 19.5. The third kappa shape index (κ3) is 3.62. The standard InChI is InChI=1S/C19H13N3OS/c20-13-21-19-22-18(23)17(24-19)16(15-9-5-2-6-10-15)12-11-14-7-3-1-4-8-14/h1-12H,(H,21,22,23)/b12-11+,17-16+. The van der Waals surface area contributed by atoms with Crippen LogP contribution in [-0.2, 0) is 4.79 Å². The number of hydrogen-bond donors (Lipinski definition) is 1. The largest absolute Gasteiger partial charge is 0.300 e. The first-order valence-electron chi connectivity index (χ1n) is 7.27. The highest BCUT2D eigenvalue weighted by molar-refractivity contribution is 8.18. The molecule has 4 nitrogen and oxygen atoms in total. The van der Waals surface area contributed by atoms with Gasteiger partial charge in [0, 0.05) is 5.57 Å². The number of benzene rings is 2. The fourth-order valence-corrected chi connectivity index (χ4v) is 3.12. The first-order valence-corrected chi connectivity index (χ1v) is 8.08. The molecule has 0 bridgehead atoms. The molecule has 3 rings (SSSR count). The van der Waals surface area contributed by atoms with Crippen LogP contribution in [-0.4, -0.2) is 11.1 Å². The maximum atomic E-state index is 12.3. The first-order chi connectivity index (χ1) is 11.8. The number of nitriles is 1. The second kappa shape index (κ2) is 7.44. The minimum absolute atomic E-state index is 0.245. The number of hydrogen-bond acceptors (Lipinski definition) is 4. The molecular weight excluding hydrogens is 318 g/mol. The SMILES string of the molecule is N#CN=C1NC(=O)/C(=C(/C=C/c2ccccc2)c2ccccc2)S1. The molecule has 0 radical (unpaired) electrons. The van der Waals surface area contributed by atoms with Crippen molar-refractivity contribution in [2.75, 3.05) is 0 Å². The van der Waals surface area contributed by atoms with Crippen LogP contribution in [0.25, 0.3) is 11.6 Å². The van der Waals surface area contributed by atoms with E-state index in [2.05, 4.69) is 10.3 Å². The Kier molecular flexibility index (Phi) is 4.90. The average Bonchev–Trinajstić information content (AvgIpc) is 2.98. The van der Waals surface area contributed by atoms with Gasteiger partial charge in [-0.25, -0.2) is 0 Å². The van der Waals surface area contributed by atoms with E-state index in [1.54, 1.807) is 6.19 Å². The Hall–Kier alpha value is -3.10. The number of rotatable bonds is 3. The van der Waals surface area contributed by atoms with E-state index >= 15 is 0 Å². The van der Waals surface area contributed by atoms with Gasteiger partial charge in [-0.1, -0.05) is 72.8 Å². The maximum absolute atomic E-state index is 12.3. The lowest BCUT2D eigenvalue weighted by atomic mass is 10.0. The first kappa shape index (κ1) is 15.8. The van der Waals surface area contributed by atoms with Crippen LogP contribution in [0.1, 0.15) is 11.1 Å². The van der Waals surface area contributed by atoms with E-state index in [0.29, 0.717) is 10.1 Å². The van der Waals surface area contributed by atoms with E-state index in [1.807, 2.05) is 72.8 Å². The molecular formula is C19H13N3OS. The second-order valence-corrected chi connectivity index (χ2v) is 5.93. The molecule has 2 aromatic carbocycles. The van der Waals surface area contributed by atoms with E-state index in [4.69, 9.17) is 5.26 Å². The predicted molar refractivity (Wildman–Crippen MR) is 97.6 cm³/mol. The summed E-state index contributed by atoms with van der Waals surface area (Å²) in [5.41, 5.74) is 2.77. The molecule has 1 amide bonds. The molecule has 5 heteroatoms. The molecule has 0 aromatic heterocycles. The molecule has 1 N–H and O–H groups in total. The van der Waals surface area contributed by atoms with Gasteiger partial charge < -0.3 is 0 Å². The van der Waals surface area contributed by atoms with Crippen LogP contribution in [0.3, 0.4) is 0 Å². The fourth-order valence-electron chi connectivity index (χ4n) is 2.26. The van der Waals surface area contributed by atoms with Gasteiger partial charge in [0.2, 0.25) is 6.19 Å². The van der Waals surface area contributed by atoms with Gasteiger partial charge in [0.05, 0.1) is 4.91 Å². The molecule has 1 aliphatic rings. The number of amides is 1. The minimum Gasteiger partial charge on any atom is -0.300 e. The fraction of sp³-hybridized carbons (Fsp3) is 0. The third-order valence-electron chi connectivity index (χ3n) is 3.35. The topological polar surface area (TPSA) is 65.2 Å². The molecule has 1 saturated heterocycles. The van der Waals surface area contributed by atoms with Crippen molar-refractivity contribution in [3.05, 3.63) is 82.8 Å². The van der Waals surface area contributed by atoms with Crippen LogP contribution >= 0.6 is 11.8 Å². The van der Waals surface area contributed by atoms with Crippen LogP contribution in [0.2, 0.25) is 0 Å². The van der Waals surface area contributed by atoms with E-state index in [1.165, 1.54) is 11.8 Å². The number of carbonyl (C=O) groups excluding carboxylic acids is 1. The Morgan fingerprint density at radius 2 is 1.75 bits per heavy atom. The molecule has 24 heavy (non-hydrogen) atoms. The summed E-state index contributed by atoms with van der Waals surface area (Å²) < 4.78 is 0. The van der Waals surface area contributed by atoms with Crippen LogP contribution in [0.15, 0.2) is 76.6 Å². The summed E-state index contributed by atoms with van der Waals surface area (Å²) in [5.74, 6) is -0.245. The Labute approximate surface area is 144 Å². The molecule has 1 fully saturated rings. The monoisotopic (exact) mass is 331 g/mol. The third-order valence-corrected chi connectivity index (χ3v) is 4.34. The zero-order valence-electron chi connectivity index (χ0n) is 12.6. The van der Waals surface area contributed by atoms with Crippen molar-refractivity contribution in [3.63, 3.8) is 0 Å². The van der Waals surface area contributed by atoms with Crippen molar-refractivity contribution in [1.29, 1.82) is 5.26 Å². The van der Waals surface area contributed by atoms with Gasteiger partial charge in [-0.2, -0.15) is 5.26 Å². The van der Waals surface area contributed by atoms with Gasteiger partial charge in [-0.3, -0.25) is 10.1 Å². The molecule has 0 atom stereocenters. The number of nitrogens with one attached hydrogen (secondary N) is 1. The molecule has 2 aromatic rings. The maximum Gasteiger partial charge on any atom is 0.264 e.